The monoisotopic (exact) mass is 375 g/mol. The summed E-state index contributed by atoms with van der Waals surface area (Å²) in [4.78, 5) is 14.2. The Kier molecular flexibility index (Phi) is 6.39. The number of hydrogen-bond acceptors (Lipinski definition) is 4. The minimum absolute atomic E-state index is 0.0518. The number of carbonyl (C=O) groups excluding carboxylic acids is 1. The van der Waals surface area contributed by atoms with Gasteiger partial charge in [-0.3, -0.25) is 9.52 Å². The molecule has 6 nitrogen and oxygen atoms in total. The highest BCUT2D eigenvalue weighted by atomic mass is 32.2. The fourth-order valence-electron chi connectivity index (χ4n) is 2.32. The van der Waals surface area contributed by atoms with Crippen molar-refractivity contribution in [2.75, 3.05) is 31.9 Å². The summed E-state index contributed by atoms with van der Waals surface area (Å²) in [6.07, 6.45) is 0. The quantitative estimate of drug-likeness (QED) is 0.779. The number of hydrogen-bond donors (Lipinski definition) is 2. The first-order valence-corrected chi connectivity index (χ1v) is 9.80. The van der Waals surface area contributed by atoms with Crippen LogP contribution in [0.3, 0.4) is 0 Å². The van der Waals surface area contributed by atoms with Crippen LogP contribution in [0.25, 0.3) is 0 Å². The Labute approximate surface area is 155 Å². The highest BCUT2D eigenvalue weighted by molar-refractivity contribution is 7.92. The SMILES string of the molecule is Cc1ccc(NS(=O)(=O)c2cccc(C(=O)NCCN(C)C)c2)cc1C. The van der Waals surface area contributed by atoms with E-state index in [1.165, 1.54) is 12.1 Å². The fourth-order valence-corrected chi connectivity index (χ4v) is 3.41. The van der Waals surface area contributed by atoms with Crippen LogP contribution >= 0.6 is 0 Å². The van der Waals surface area contributed by atoms with Crippen molar-refractivity contribution in [2.24, 2.45) is 0 Å². The molecule has 7 heteroatoms. The van der Waals surface area contributed by atoms with Gasteiger partial charge in [-0.1, -0.05) is 12.1 Å². The number of likely N-dealkylation sites (N-methyl/N-ethyl adjacent to an activating group) is 1. The predicted molar refractivity (Wildman–Crippen MR) is 104 cm³/mol. The third-order valence-electron chi connectivity index (χ3n) is 4.01. The van der Waals surface area contributed by atoms with E-state index in [9.17, 15) is 13.2 Å². The number of benzene rings is 2. The van der Waals surface area contributed by atoms with Gasteiger partial charge in [-0.2, -0.15) is 0 Å². The van der Waals surface area contributed by atoms with Crippen molar-refractivity contribution in [3.05, 3.63) is 59.2 Å². The number of anilines is 1. The Hall–Kier alpha value is -2.38. The lowest BCUT2D eigenvalue weighted by molar-refractivity contribution is 0.0951. The Morgan fingerprint density at radius 1 is 1.04 bits per heavy atom. The topological polar surface area (TPSA) is 78.5 Å². The molecule has 0 unspecified atom stereocenters. The number of carbonyl (C=O) groups is 1. The molecule has 0 aliphatic carbocycles. The Morgan fingerprint density at radius 3 is 2.42 bits per heavy atom. The first kappa shape index (κ1) is 19.9. The molecule has 0 saturated heterocycles. The highest BCUT2D eigenvalue weighted by Crippen LogP contribution is 2.19. The second-order valence-electron chi connectivity index (χ2n) is 6.49. The van der Waals surface area contributed by atoms with Gasteiger partial charge in [-0.05, 0) is 69.4 Å². The molecule has 0 heterocycles. The van der Waals surface area contributed by atoms with E-state index < -0.39 is 10.0 Å². The molecule has 0 spiro atoms. The standard InChI is InChI=1S/C19H25N3O3S/c1-14-8-9-17(12-15(14)2)21-26(24,25)18-7-5-6-16(13-18)19(23)20-10-11-22(3)4/h5-9,12-13,21H,10-11H2,1-4H3,(H,20,23). The van der Waals surface area contributed by atoms with Crippen molar-refractivity contribution in [3.63, 3.8) is 0 Å². The van der Waals surface area contributed by atoms with Gasteiger partial charge in [0.05, 0.1) is 4.90 Å². The van der Waals surface area contributed by atoms with Crippen molar-refractivity contribution in [2.45, 2.75) is 18.7 Å². The molecule has 0 aliphatic heterocycles. The molecule has 0 radical (unpaired) electrons. The largest absolute Gasteiger partial charge is 0.351 e. The molecular weight excluding hydrogens is 350 g/mol. The molecule has 1 amide bonds. The minimum Gasteiger partial charge on any atom is -0.351 e. The molecule has 0 aliphatic rings. The molecular formula is C19H25N3O3S. The third-order valence-corrected chi connectivity index (χ3v) is 5.39. The van der Waals surface area contributed by atoms with Crippen molar-refractivity contribution in [1.82, 2.24) is 10.2 Å². The molecule has 0 atom stereocenters. The first-order valence-electron chi connectivity index (χ1n) is 8.32. The van der Waals surface area contributed by atoms with Gasteiger partial charge in [0.2, 0.25) is 0 Å². The lowest BCUT2D eigenvalue weighted by Crippen LogP contribution is -2.31. The number of nitrogens with one attached hydrogen (secondary N) is 2. The van der Waals surface area contributed by atoms with E-state index in [0.29, 0.717) is 24.3 Å². The van der Waals surface area contributed by atoms with Gasteiger partial charge in [-0.25, -0.2) is 8.42 Å². The predicted octanol–water partition coefficient (Wildman–Crippen LogP) is 2.40. The van der Waals surface area contributed by atoms with E-state index in [0.717, 1.165) is 11.1 Å². The summed E-state index contributed by atoms with van der Waals surface area (Å²) in [5, 5.41) is 2.78. The molecule has 2 N–H and O–H groups in total. The van der Waals surface area contributed by atoms with Gasteiger partial charge in [0, 0.05) is 24.3 Å². The Bertz CT molecular complexity index is 893. The smallest absolute Gasteiger partial charge is 0.261 e. The average Bonchev–Trinajstić information content (AvgIpc) is 2.57. The van der Waals surface area contributed by atoms with Crippen LogP contribution < -0.4 is 10.0 Å². The van der Waals surface area contributed by atoms with Gasteiger partial charge in [0.25, 0.3) is 15.9 Å². The van der Waals surface area contributed by atoms with Crippen molar-refractivity contribution < 1.29 is 13.2 Å². The molecule has 0 aromatic heterocycles. The number of sulfonamides is 1. The summed E-state index contributed by atoms with van der Waals surface area (Å²) in [5.74, 6) is -0.296. The maximum absolute atomic E-state index is 12.6. The number of nitrogens with zero attached hydrogens (tertiary/aromatic N) is 1. The van der Waals surface area contributed by atoms with Gasteiger partial charge in [0.1, 0.15) is 0 Å². The summed E-state index contributed by atoms with van der Waals surface area (Å²) in [6, 6.07) is 11.4. The van der Waals surface area contributed by atoms with Gasteiger partial charge in [-0.15, -0.1) is 0 Å². The lowest BCUT2D eigenvalue weighted by atomic mass is 10.1. The first-order chi connectivity index (χ1) is 12.2. The Morgan fingerprint density at radius 2 is 1.77 bits per heavy atom. The summed E-state index contributed by atoms with van der Waals surface area (Å²) in [7, 11) is 0.0579. The number of rotatable bonds is 7. The van der Waals surface area contributed by atoms with E-state index in [4.69, 9.17) is 0 Å². The van der Waals surface area contributed by atoms with Crippen LogP contribution in [-0.2, 0) is 10.0 Å². The zero-order valence-corrected chi connectivity index (χ0v) is 16.4. The van der Waals surface area contributed by atoms with E-state index in [1.54, 1.807) is 24.3 Å². The van der Waals surface area contributed by atoms with Crippen LogP contribution in [0.1, 0.15) is 21.5 Å². The van der Waals surface area contributed by atoms with Crippen LogP contribution in [0.15, 0.2) is 47.4 Å². The molecule has 0 bridgehead atoms. The maximum atomic E-state index is 12.6. The summed E-state index contributed by atoms with van der Waals surface area (Å²) in [6.45, 7) is 5.08. The van der Waals surface area contributed by atoms with Crippen molar-refractivity contribution >= 4 is 21.6 Å². The van der Waals surface area contributed by atoms with Crippen molar-refractivity contribution in [1.29, 1.82) is 0 Å². The average molecular weight is 375 g/mol. The Balaban J connectivity index is 2.16. The molecule has 2 aromatic rings. The molecule has 0 fully saturated rings. The summed E-state index contributed by atoms with van der Waals surface area (Å²) in [5.41, 5.74) is 2.89. The van der Waals surface area contributed by atoms with Crippen LogP contribution in [-0.4, -0.2) is 46.4 Å². The normalized spacial score (nSPS) is 11.4. The van der Waals surface area contributed by atoms with E-state index in [-0.39, 0.29) is 10.8 Å². The second kappa shape index (κ2) is 8.33. The van der Waals surface area contributed by atoms with Gasteiger partial charge < -0.3 is 10.2 Å². The van der Waals surface area contributed by atoms with E-state index >= 15 is 0 Å². The van der Waals surface area contributed by atoms with Gasteiger partial charge in [0.15, 0.2) is 0 Å². The minimum atomic E-state index is -3.77. The van der Waals surface area contributed by atoms with Crippen LogP contribution in [0, 0.1) is 13.8 Å². The third kappa shape index (κ3) is 5.31. The summed E-state index contributed by atoms with van der Waals surface area (Å²) >= 11 is 0. The molecule has 140 valence electrons. The van der Waals surface area contributed by atoms with E-state index in [2.05, 4.69) is 10.0 Å². The van der Waals surface area contributed by atoms with E-state index in [1.807, 2.05) is 38.9 Å². The number of amides is 1. The van der Waals surface area contributed by atoms with Crippen LogP contribution in [0.4, 0.5) is 5.69 Å². The van der Waals surface area contributed by atoms with Crippen molar-refractivity contribution in [3.8, 4) is 0 Å². The fraction of sp³-hybridized carbons (Fsp3) is 0.316. The van der Waals surface area contributed by atoms with Crippen LogP contribution in [0.2, 0.25) is 0 Å². The molecule has 2 rings (SSSR count). The van der Waals surface area contributed by atoms with Crippen LogP contribution in [0.5, 0.6) is 0 Å². The zero-order chi connectivity index (χ0) is 19.3. The molecule has 0 saturated carbocycles. The maximum Gasteiger partial charge on any atom is 0.261 e. The lowest BCUT2D eigenvalue weighted by Gasteiger charge is -2.12. The molecule has 2 aromatic carbocycles. The summed E-state index contributed by atoms with van der Waals surface area (Å²) < 4.78 is 27.8. The molecule has 26 heavy (non-hydrogen) atoms. The zero-order valence-electron chi connectivity index (χ0n) is 15.5. The van der Waals surface area contributed by atoms with Gasteiger partial charge >= 0.3 is 0 Å². The highest BCUT2D eigenvalue weighted by Gasteiger charge is 2.16. The second-order valence-corrected chi connectivity index (χ2v) is 8.17. The number of aryl methyl sites for hydroxylation is 2.